The molecule has 2 N–H and O–H groups in total. The zero-order valence-corrected chi connectivity index (χ0v) is 9.90. The van der Waals surface area contributed by atoms with Gasteiger partial charge in [0.25, 0.3) is 0 Å². The smallest absolute Gasteiger partial charge is 0.305 e. The molecule has 1 aromatic carbocycles. The Morgan fingerprint density at radius 3 is 2.50 bits per heavy atom. The largest absolute Gasteiger partial charge is 0.469 e. The van der Waals surface area contributed by atoms with Crippen molar-refractivity contribution in [2.24, 2.45) is 5.73 Å². The highest BCUT2D eigenvalue weighted by molar-refractivity contribution is 5.69. The van der Waals surface area contributed by atoms with Gasteiger partial charge in [-0.25, -0.2) is 0 Å². The molecule has 0 aliphatic carbocycles. The summed E-state index contributed by atoms with van der Waals surface area (Å²) in [6, 6.07) is 8.28. The van der Waals surface area contributed by atoms with Crippen LogP contribution < -0.4 is 5.73 Å². The van der Waals surface area contributed by atoms with Gasteiger partial charge in [-0.2, -0.15) is 0 Å². The molecule has 0 saturated carbocycles. The first-order valence-electron chi connectivity index (χ1n) is 5.54. The molecule has 0 aliphatic heterocycles. The molecule has 0 aliphatic rings. The predicted octanol–water partition coefficient (Wildman–Crippen LogP) is 2.20. The standard InChI is InChI=1S/C13H19NO2/c1-10(14)12-8-6-11(7-9-12)4-3-5-13(15)16-2/h6-10H,3-5,14H2,1-2H3. The third-order valence-electron chi connectivity index (χ3n) is 2.58. The number of rotatable bonds is 5. The number of nitrogens with two attached hydrogens (primary N) is 1. The quantitative estimate of drug-likeness (QED) is 0.775. The molecule has 0 bridgehead atoms. The van der Waals surface area contributed by atoms with Crippen molar-refractivity contribution in [3.05, 3.63) is 35.4 Å². The maximum absolute atomic E-state index is 10.9. The Kier molecular flexibility index (Phi) is 4.99. The van der Waals surface area contributed by atoms with Crippen LogP contribution >= 0.6 is 0 Å². The number of carbonyl (C=O) groups is 1. The lowest BCUT2D eigenvalue weighted by Gasteiger charge is -2.06. The number of hydrogen-bond acceptors (Lipinski definition) is 3. The van der Waals surface area contributed by atoms with E-state index in [0.29, 0.717) is 6.42 Å². The second-order valence-electron chi connectivity index (χ2n) is 3.96. The third-order valence-corrected chi connectivity index (χ3v) is 2.58. The molecule has 1 atom stereocenters. The van der Waals surface area contributed by atoms with Crippen molar-refractivity contribution < 1.29 is 9.53 Å². The molecule has 3 nitrogen and oxygen atoms in total. The summed E-state index contributed by atoms with van der Waals surface area (Å²) in [7, 11) is 1.42. The van der Waals surface area contributed by atoms with Crippen molar-refractivity contribution in [2.45, 2.75) is 32.2 Å². The number of aryl methyl sites for hydroxylation is 1. The van der Waals surface area contributed by atoms with Gasteiger partial charge in [0.15, 0.2) is 0 Å². The summed E-state index contributed by atoms with van der Waals surface area (Å²) in [6.07, 6.45) is 2.20. The molecule has 1 aromatic rings. The first kappa shape index (κ1) is 12.7. The molecular formula is C13H19NO2. The van der Waals surface area contributed by atoms with Crippen LogP contribution in [0, 0.1) is 0 Å². The molecular weight excluding hydrogens is 202 g/mol. The van der Waals surface area contributed by atoms with Crippen molar-refractivity contribution in [1.82, 2.24) is 0 Å². The van der Waals surface area contributed by atoms with Crippen molar-refractivity contribution in [2.75, 3.05) is 7.11 Å². The van der Waals surface area contributed by atoms with E-state index in [1.807, 2.05) is 19.1 Å². The zero-order chi connectivity index (χ0) is 12.0. The van der Waals surface area contributed by atoms with Gasteiger partial charge in [-0.05, 0) is 30.9 Å². The van der Waals surface area contributed by atoms with Gasteiger partial charge in [0.1, 0.15) is 0 Å². The number of methoxy groups -OCH3 is 1. The fourth-order valence-electron chi connectivity index (χ4n) is 1.53. The van der Waals surface area contributed by atoms with E-state index in [1.54, 1.807) is 0 Å². The second kappa shape index (κ2) is 6.28. The SMILES string of the molecule is COC(=O)CCCc1ccc(C(C)N)cc1. The fraction of sp³-hybridized carbons (Fsp3) is 0.462. The first-order chi connectivity index (χ1) is 7.63. The van der Waals surface area contributed by atoms with E-state index in [2.05, 4.69) is 16.9 Å². The van der Waals surface area contributed by atoms with Crippen molar-refractivity contribution >= 4 is 5.97 Å². The Bertz CT molecular complexity index is 330. The molecule has 0 fully saturated rings. The summed E-state index contributed by atoms with van der Waals surface area (Å²) in [5.74, 6) is -0.146. The fourth-order valence-corrected chi connectivity index (χ4v) is 1.53. The molecule has 1 rings (SSSR count). The summed E-state index contributed by atoms with van der Waals surface area (Å²) < 4.78 is 4.58. The summed E-state index contributed by atoms with van der Waals surface area (Å²) in [5.41, 5.74) is 8.13. The minimum absolute atomic E-state index is 0.0733. The highest BCUT2D eigenvalue weighted by atomic mass is 16.5. The molecule has 0 aromatic heterocycles. The maximum atomic E-state index is 10.9. The lowest BCUT2D eigenvalue weighted by atomic mass is 10.0. The molecule has 3 heteroatoms. The molecule has 0 heterocycles. The summed E-state index contributed by atoms with van der Waals surface area (Å²) in [4.78, 5) is 10.9. The van der Waals surface area contributed by atoms with Crippen LogP contribution in [0.3, 0.4) is 0 Å². The topological polar surface area (TPSA) is 52.3 Å². The normalized spacial score (nSPS) is 12.2. The minimum atomic E-state index is -0.146. The molecule has 16 heavy (non-hydrogen) atoms. The number of carbonyl (C=O) groups excluding carboxylic acids is 1. The van der Waals surface area contributed by atoms with Crippen molar-refractivity contribution in [1.29, 1.82) is 0 Å². The molecule has 88 valence electrons. The number of esters is 1. The van der Waals surface area contributed by atoms with Crippen LogP contribution in [0.4, 0.5) is 0 Å². The van der Waals surface area contributed by atoms with Gasteiger partial charge < -0.3 is 10.5 Å². The van der Waals surface area contributed by atoms with Gasteiger partial charge in [-0.15, -0.1) is 0 Å². The highest BCUT2D eigenvalue weighted by Gasteiger charge is 2.02. The Balaban J connectivity index is 2.40. The van der Waals surface area contributed by atoms with E-state index in [0.717, 1.165) is 18.4 Å². The van der Waals surface area contributed by atoms with E-state index in [-0.39, 0.29) is 12.0 Å². The molecule has 0 amide bonds. The summed E-state index contributed by atoms with van der Waals surface area (Å²) in [6.45, 7) is 1.96. The number of ether oxygens (including phenoxy) is 1. The van der Waals surface area contributed by atoms with Crippen LogP contribution in [0.5, 0.6) is 0 Å². The van der Waals surface area contributed by atoms with E-state index >= 15 is 0 Å². The number of hydrogen-bond donors (Lipinski definition) is 1. The predicted molar refractivity (Wildman–Crippen MR) is 64.0 cm³/mol. The molecule has 0 spiro atoms. The van der Waals surface area contributed by atoms with Gasteiger partial charge in [0.2, 0.25) is 0 Å². The summed E-state index contributed by atoms with van der Waals surface area (Å²) in [5, 5.41) is 0. The Labute approximate surface area is 96.6 Å². The second-order valence-corrected chi connectivity index (χ2v) is 3.96. The molecule has 0 saturated heterocycles. The Morgan fingerprint density at radius 1 is 1.38 bits per heavy atom. The number of benzene rings is 1. The maximum Gasteiger partial charge on any atom is 0.305 e. The minimum Gasteiger partial charge on any atom is -0.469 e. The highest BCUT2D eigenvalue weighted by Crippen LogP contribution is 2.12. The Hall–Kier alpha value is -1.35. The third kappa shape index (κ3) is 4.03. The van der Waals surface area contributed by atoms with Crippen LogP contribution in [-0.4, -0.2) is 13.1 Å². The lowest BCUT2D eigenvalue weighted by molar-refractivity contribution is -0.140. The van der Waals surface area contributed by atoms with Gasteiger partial charge in [-0.1, -0.05) is 24.3 Å². The van der Waals surface area contributed by atoms with Gasteiger partial charge in [0, 0.05) is 12.5 Å². The van der Waals surface area contributed by atoms with E-state index < -0.39 is 0 Å². The van der Waals surface area contributed by atoms with Gasteiger partial charge >= 0.3 is 5.97 Å². The molecule has 1 unspecified atom stereocenters. The van der Waals surface area contributed by atoms with Crippen LogP contribution in [0.15, 0.2) is 24.3 Å². The average Bonchev–Trinajstić information content (AvgIpc) is 2.29. The molecule has 0 radical (unpaired) electrons. The van der Waals surface area contributed by atoms with Crippen molar-refractivity contribution in [3.63, 3.8) is 0 Å². The van der Waals surface area contributed by atoms with Crippen LogP contribution in [0.2, 0.25) is 0 Å². The van der Waals surface area contributed by atoms with E-state index in [9.17, 15) is 4.79 Å². The van der Waals surface area contributed by atoms with Crippen molar-refractivity contribution in [3.8, 4) is 0 Å². The Morgan fingerprint density at radius 2 is 2.00 bits per heavy atom. The summed E-state index contributed by atoms with van der Waals surface area (Å²) >= 11 is 0. The zero-order valence-electron chi connectivity index (χ0n) is 9.90. The average molecular weight is 221 g/mol. The van der Waals surface area contributed by atoms with Crippen LogP contribution in [0.25, 0.3) is 0 Å². The van der Waals surface area contributed by atoms with Gasteiger partial charge in [-0.3, -0.25) is 4.79 Å². The van der Waals surface area contributed by atoms with E-state index in [4.69, 9.17) is 5.73 Å². The van der Waals surface area contributed by atoms with E-state index in [1.165, 1.54) is 12.7 Å². The first-order valence-corrected chi connectivity index (χ1v) is 5.54. The van der Waals surface area contributed by atoms with Crippen LogP contribution in [0.1, 0.15) is 36.9 Å². The van der Waals surface area contributed by atoms with Gasteiger partial charge in [0.05, 0.1) is 7.11 Å². The van der Waals surface area contributed by atoms with Crippen LogP contribution in [-0.2, 0) is 16.0 Å². The monoisotopic (exact) mass is 221 g/mol. The lowest BCUT2D eigenvalue weighted by Crippen LogP contribution is -2.04.